The van der Waals surface area contributed by atoms with Crippen LogP contribution in [0.4, 0.5) is 0 Å². The third-order valence-corrected chi connectivity index (χ3v) is 13.8. The van der Waals surface area contributed by atoms with Crippen LogP contribution < -0.4 is 0 Å². The van der Waals surface area contributed by atoms with Crippen molar-refractivity contribution in [2.24, 2.45) is 0 Å². The largest absolute Gasteiger partial charge is 0.456 e. The number of benzene rings is 11. The Morgan fingerprint density at radius 2 is 0.900 bits per heavy atom. The molecule has 1 nitrogen and oxygen atoms in total. The van der Waals surface area contributed by atoms with Crippen molar-refractivity contribution in [1.29, 1.82) is 0 Å². The summed E-state index contributed by atoms with van der Waals surface area (Å²) in [5.41, 5.74) is 16.8. The lowest BCUT2D eigenvalue weighted by Crippen LogP contribution is -2.26. The van der Waals surface area contributed by atoms with E-state index < -0.39 is 5.41 Å². The summed E-state index contributed by atoms with van der Waals surface area (Å²) in [5, 5.41) is 12.4. The van der Waals surface area contributed by atoms with Crippen LogP contribution in [-0.4, -0.2) is 0 Å². The van der Waals surface area contributed by atoms with Crippen LogP contribution in [0.5, 0.6) is 0 Å². The van der Waals surface area contributed by atoms with Gasteiger partial charge in [-0.3, -0.25) is 0 Å². The molecule has 0 amide bonds. The molecule has 1 spiro atoms. The van der Waals surface area contributed by atoms with Crippen LogP contribution in [0.1, 0.15) is 22.3 Å². The molecule has 0 N–H and O–H groups in total. The maximum absolute atomic E-state index is 6.36. The normalized spacial score (nSPS) is 13.5. The zero-order valence-corrected chi connectivity index (χ0v) is 32.5. The van der Waals surface area contributed by atoms with E-state index in [1.165, 1.54) is 110 Å². The van der Waals surface area contributed by atoms with Gasteiger partial charge in [-0.1, -0.05) is 170 Å². The lowest BCUT2D eigenvalue weighted by molar-refractivity contribution is 0.669. The van der Waals surface area contributed by atoms with Gasteiger partial charge in [0.2, 0.25) is 0 Å². The zero-order chi connectivity index (χ0) is 39.1. The molecule has 1 heteroatoms. The van der Waals surface area contributed by atoms with Crippen molar-refractivity contribution in [2.45, 2.75) is 5.41 Å². The molecule has 276 valence electrons. The van der Waals surface area contributed by atoms with E-state index in [0.29, 0.717) is 0 Å². The summed E-state index contributed by atoms with van der Waals surface area (Å²) in [6.07, 6.45) is 0. The molecule has 12 aromatic rings. The fourth-order valence-corrected chi connectivity index (χ4v) is 11.4. The number of rotatable bonds is 2. The van der Waals surface area contributed by atoms with Gasteiger partial charge in [0.1, 0.15) is 11.2 Å². The Hall–Kier alpha value is -7.74. The molecule has 2 aliphatic rings. The molecule has 0 bridgehead atoms. The fourth-order valence-electron chi connectivity index (χ4n) is 11.4. The highest BCUT2D eigenvalue weighted by Gasteiger charge is 2.53. The average Bonchev–Trinajstić information content (AvgIpc) is 3.94. The van der Waals surface area contributed by atoms with E-state index in [4.69, 9.17) is 4.42 Å². The van der Waals surface area contributed by atoms with Crippen LogP contribution >= 0.6 is 0 Å². The van der Waals surface area contributed by atoms with Gasteiger partial charge in [-0.05, 0) is 146 Å². The van der Waals surface area contributed by atoms with Gasteiger partial charge in [0.15, 0.2) is 0 Å². The summed E-state index contributed by atoms with van der Waals surface area (Å²) in [6, 6.07) is 77.2. The van der Waals surface area contributed by atoms with Gasteiger partial charge in [0.25, 0.3) is 0 Å². The van der Waals surface area contributed by atoms with Crippen molar-refractivity contribution in [1.82, 2.24) is 0 Å². The second-order valence-corrected chi connectivity index (χ2v) is 16.7. The minimum atomic E-state index is -0.553. The molecule has 2 aliphatic carbocycles. The van der Waals surface area contributed by atoms with Crippen LogP contribution in [0.3, 0.4) is 0 Å². The van der Waals surface area contributed by atoms with Gasteiger partial charge in [0, 0.05) is 10.8 Å². The lowest BCUT2D eigenvalue weighted by Gasteiger charge is -2.32. The van der Waals surface area contributed by atoms with Crippen molar-refractivity contribution in [3.05, 3.63) is 229 Å². The predicted molar refractivity (Wildman–Crippen MR) is 251 cm³/mol. The van der Waals surface area contributed by atoms with Crippen LogP contribution in [0, 0.1) is 0 Å². The molecule has 1 heterocycles. The third kappa shape index (κ3) is 4.06. The van der Waals surface area contributed by atoms with Crippen LogP contribution in [0.15, 0.2) is 211 Å². The summed E-state index contributed by atoms with van der Waals surface area (Å²) in [7, 11) is 0. The second-order valence-electron chi connectivity index (χ2n) is 16.7. The van der Waals surface area contributed by atoms with E-state index in [1.807, 2.05) is 6.07 Å². The first kappa shape index (κ1) is 32.2. The minimum absolute atomic E-state index is 0.553. The molecule has 0 aliphatic heterocycles. The van der Waals surface area contributed by atoms with Gasteiger partial charge in [0.05, 0.1) is 5.41 Å². The Balaban J connectivity index is 1.15. The monoisotopic (exact) mass is 758 g/mol. The number of para-hydroxylation sites is 1. The topological polar surface area (TPSA) is 13.1 Å². The Morgan fingerprint density at radius 3 is 1.70 bits per heavy atom. The van der Waals surface area contributed by atoms with Gasteiger partial charge in [-0.25, -0.2) is 0 Å². The Kier molecular flexibility index (Phi) is 6.28. The highest BCUT2D eigenvalue weighted by Crippen LogP contribution is 2.66. The fraction of sp³-hybridized carbons (Fsp3) is 0.0169. The molecule has 0 unspecified atom stereocenters. The molecule has 0 saturated heterocycles. The van der Waals surface area contributed by atoms with Gasteiger partial charge in [-0.2, -0.15) is 0 Å². The van der Waals surface area contributed by atoms with Crippen molar-refractivity contribution in [3.8, 4) is 44.5 Å². The third-order valence-electron chi connectivity index (χ3n) is 13.8. The molecule has 0 saturated carbocycles. The molecular weight excluding hydrogens is 725 g/mol. The maximum Gasteiger partial charge on any atom is 0.135 e. The van der Waals surface area contributed by atoms with E-state index in [2.05, 4.69) is 200 Å². The molecule has 0 fully saturated rings. The average molecular weight is 759 g/mol. The molecule has 60 heavy (non-hydrogen) atoms. The zero-order valence-electron chi connectivity index (χ0n) is 32.5. The van der Waals surface area contributed by atoms with Gasteiger partial charge >= 0.3 is 0 Å². The summed E-state index contributed by atoms with van der Waals surface area (Å²) in [4.78, 5) is 0. The lowest BCUT2D eigenvalue weighted by atomic mass is 9.68. The Labute approximate surface area is 346 Å². The Bertz CT molecular complexity index is 3800. The van der Waals surface area contributed by atoms with E-state index in [1.54, 1.807) is 0 Å². The molecule has 1 aromatic heterocycles. The highest BCUT2D eigenvalue weighted by molar-refractivity contribution is 6.21. The van der Waals surface area contributed by atoms with Crippen LogP contribution in [0.25, 0.3) is 110 Å². The number of furan rings is 1. The second kappa shape index (κ2) is 11.7. The molecule has 11 aromatic carbocycles. The molecular formula is C59H34O. The van der Waals surface area contributed by atoms with Gasteiger partial charge < -0.3 is 4.42 Å². The number of hydrogen-bond donors (Lipinski definition) is 0. The maximum atomic E-state index is 6.36. The van der Waals surface area contributed by atoms with Crippen LogP contribution in [-0.2, 0) is 5.41 Å². The van der Waals surface area contributed by atoms with Crippen LogP contribution in [0.2, 0.25) is 0 Å². The highest BCUT2D eigenvalue weighted by atomic mass is 16.3. The summed E-state index contributed by atoms with van der Waals surface area (Å²) >= 11 is 0. The van der Waals surface area contributed by atoms with Gasteiger partial charge in [-0.15, -0.1) is 0 Å². The summed E-state index contributed by atoms with van der Waals surface area (Å²) in [5.74, 6) is 0. The minimum Gasteiger partial charge on any atom is -0.456 e. The van der Waals surface area contributed by atoms with Crippen molar-refractivity contribution >= 4 is 65.0 Å². The van der Waals surface area contributed by atoms with E-state index >= 15 is 0 Å². The Morgan fingerprint density at radius 1 is 0.283 bits per heavy atom. The summed E-state index contributed by atoms with van der Waals surface area (Å²) in [6.45, 7) is 0. The number of fused-ring (bicyclic) bond motifs is 19. The first-order valence-electron chi connectivity index (χ1n) is 20.9. The quantitative estimate of drug-likeness (QED) is 0.126. The molecule has 0 radical (unpaired) electrons. The molecule has 14 rings (SSSR count). The molecule has 0 atom stereocenters. The first-order valence-corrected chi connectivity index (χ1v) is 20.9. The SMILES string of the molecule is c1ccc2c(c1)-c1ccccc1C21c2cc(-c3c4ccccc4cc4c3ccc3ccccc34)ccc2-c2c(-c3ccc4oc5ccccc5c4c3)cc3ccccc3c21. The standard InChI is InChI=1S/C59H34O/c1-4-16-40-35(13-1)25-28-46-49(40)32-36-14-2-5-17-41(36)56(46)39-26-29-47-53(34-39)59(51-22-10-7-19-43(51)44-20-8-11-23-52(44)59)58-42-18-6-3-15-37(42)31-48(57(47)58)38-27-30-55-50(33-38)45-21-9-12-24-54(45)60-55/h1-34H. The summed E-state index contributed by atoms with van der Waals surface area (Å²) < 4.78 is 6.36. The van der Waals surface area contributed by atoms with Crippen molar-refractivity contribution in [2.75, 3.05) is 0 Å². The number of hydrogen-bond acceptors (Lipinski definition) is 1. The first-order chi connectivity index (χ1) is 29.8. The predicted octanol–water partition coefficient (Wildman–Crippen LogP) is 15.9. The van der Waals surface area contributed by atoms with E-state index in [9.17, 15) is 0 Å². The van der Waals surface area contributed by atoms with Crippen molar-refractivity contribution in [3.63, 3.8) is 0 Å². The van der Waals surface area contributed by atoms with E-state index in [-0.39, 0.29) is 0 Å². The van der Waals surface area contributed by atoms with E-state index in [0.717, 1.165) is 21.9 Å². The van der Waals surface area contributed by atoms with Crippen molar-refractivity contribution < 1.29 is 4.42 Å². The smallest absolute Gasteiger partial charge is 0.135 e.